The number of nitrogens with zero attached hydrogens (tertiary/aromatic N) is 4. The van der Waals surface area contributed by atoms with Crippen molar-refractivity contribution < 1.29 is 17.9 Å². The van der Waals surface area contributed by atoms with E-state index in [-0.39, 0.29) is 11.6 Å². The molecule has 0 spiro atoms. The second-order valence-electron chi connectivity index (χ2n) is 7.71. The van der Waals surface area contributed by atoms with E-state index in [1.54, 1.807) is 20.0 Å². The van der Waals surface area contributed by atoms with E-state index in [0.29, 0.717) is 30.4 Å². The second-order valence-corrected chi connectivity index (χ2v) is 7.71. The number of ether oxygens (including phenoxy) is 1. The van der Waals surface area contributed by atoms with Crippen molar-refractivity contribution in [2.24, 2.45) is 0 Å². The number of rotatable bonds is 5. The van der Waals surface area contributed by atoms with Crippen LogP contribution in [0.4, 0.5) is 24.8 Å². The van der Waals surface area contributed by atoms with Crippen molar-refractivity contribution >= 4 is 22.5 Å². The van der Waals surface area contributed by atoms with Crippen LogP contribution < -0.4 is 10.2 Å². The Morgan fingerprint density at radius 1 is 1.23 bits per heavy atom. The number of anilines is 2. The first-order chi connectivity index (χ1) is 14.8. The number of nitrogens with one attached hydrogen (secondary N) is 1. The predicted octanol–water partition coefficient (Wildman–Crippen LogP) is 4.81. The molecule has 1 aliphatic rings. The SMILES string of the molecule is Cc1nc(N[C@H](C)c2cccc(C(F)F)c2F)c2cc(N3CCOC[C@H]3C)ncc2n1. The number of halogens is 3. The van der Waals surface area contributed by atoms with Crippen LogP contribution >= 0.6 is 0 Å². The lowest BCUT2D eigenvalue weighted by Gasteiger charge is -2.34. The summed E-state index contributed by atoms with van der Waals surface area (Å²) in [5.41, 5.74) is 0.189. The van der Waals surface area contributed by atoms with E-state index in [9.17, 15) is 13.2 Å². The van der Waals surface area contributed by atoms with Gasteiger partial charge in [0.05, 0.1) is 42.6 Å². The van der Waals surface area contributed by atoms with Gasteiger partial charge in [-0.25, -0.2) is 28.1 Å². The first-order valence-electron chi connectivity index (χ1n) is 10.2. The summed E-state index contributed by atoms with van der Waals surface area (Å²) in [6.07, 6.45) is -1.19. The van der Waals surface area contributed by atoms with Crippen molar-refractivity contribution in [3.63, 3.8) is 0 Å². The zero-order valence-electron chi connectivity index (χ0n) is 17.6. The van der Waals surface area contributed by atoms with Crippen LogP contribution in [0.5, 0.6) is 0 Å². The fraction of sp³-hybridized carbons (Fsp3) is 0.409. The molecular weight excluding hydrogens is 407 g/mol. The zero-order chi connectivity index (χ0) is 22.1. The van der Waals surface area contributed by atoms with Crippen LogP contribution in [0.15, 0.2) is 30.5 Å². The summed E-state index contributed by atoms with van der Waals surface area (Å²) in [6, 6.07) is 5.52. The molecule has 0 saturated carbocycles. The molecule has 1 aromatic carbocycles. The molecule has 0 amide bonds. The highest BCUT2D eigenvalue weighted by atomic mass is 19.3. The number of alkyl halides is 2. The summed E-state index contributed by atoms with van der Waals surface area (Å²) in [4.78, 5) is 15.7. The minimum absolute atomic E-state index is 0.151. The van der Waals surface area contributed by atoms with E-state index in [1.165, 1.54) is 12.1 Å². The van der Waals surface area contributed by atoms with Gasteiger partial charge in [-0.15, -0.1) is 0 Å². The maximum Gasteiger partial charge on any atom is 0.266 e. The summed E-state index contributed by atoms with van der Waals surface area (Å²) in [7, 11) is 0. The standard InChI is InChI=1S/C22H24F3N5O/c1-12-11-31-8-7-30(12)19-9-17-18(10-26-19)28-14(3)29-22(17)27-13(2)15-5-4-6-16(20(15)23)21(24)25/h4-6,9-10,12-13,21H,7-8,11H2,1-3H3,(H,27,28,29)/t12-,13-/m1/s1. The number of hydrogen-bond acceptors (Lipinski definition) is 6. The van der Waals surface area contributed by atoms with E-state index < -0.39 is 23.8 Å². The number of fused-ring (bicyclic) bond motifs is 1. The van der Waals surface area contributed by atoms with Crippen molar-refractivity contribution in [3.05, 3.63) is 53.2 Å². The quantitative estimate of drug-likeness (QED) is 0.626. The van der Waals surface area contributed by atoms with Gasteiger partial charge in [0.15, 0.2) is 0 Å². The molecule has 1 aliphatic heterocycles. The van der Waals surface area contributed by atoms with Crippen LogP contribution in [0.1, 0.15) is 43.3 Å². The molecule has 2 atom stereocenters. The average molecular weight is 431 g/mol. The number of aryl methyl sites for hydroxylation is 1. The van der Waals surface area contributed by atoms with Crippen molar-refractivity contribution in [3.8, 4) is 0 Å². The van der Waals surface area contributed by atoms with E-state index >= 15 is 0 Å². The Labute approximate surface area is 178 Å². The minimum Gasteiger partial charge on any atom is -0.377 e. The summed E-state index contributed by atoms with van der Waals surface area (Å²) in [5.74, 6) is 0.897. The Morgan fingerprint density at radius 3 is 2.74 bits per heavy atom. The van der Waals surface area contributed by atoms with Crippen molar-refractivity contribution in [1.29, 1.82) is 0 Å². The van der Waals surface area contributed by atoms with Crippen LogP contribution in [0.3, 0.4) is 0 Å². The number of pyridine rings is 1. The van der Waals surface area contributed by atoms with Crippen LogP contribution in [-0.2, 0) is 4.74 Å². The molecule has 1 N–H and O–H groups in total. The molecule has 0 unspecified atom stereocenters. The maximum absolute atomic E-state index is 14.6. The van der Waals surface area contributed by atoms with Gasteiger partial charge in [-0.3, -0.25) is 0 Å². The fourth-order valence-electron chi connectivity index (χ4n) is 3.83. The van der Waals surface area contributed by atoms with Crippen LogP contribution in [0.25, 0.3) is 10.9 Å². The minimum atomic E-state index is -2.88. The number of aromatic nitrogens is 3. The lowest BCUT2D eigenvalue weighted by Crippen LogP contribution is -2.44. The predicted molar refractivity (Wildman–Crippen MR) is 113 cm³/mol. The molecule has 0 radical (unpaired) electrons. The molecule has 0 bridgehead atoms. The van der Waals surface area contributed by atoms with E-state index in [2.05, 4.69) is 32.1 Å². The van der Waals surface area contributed by atoms with Gasteiger partial charge in [0.2, 0.25) is 0 Å². The second kappa shape index (κ2) is 8.66. The first-order valence-corrected chi connectivity index (χ1v) is 10.2. The molecule has 31 heavy (non-hydrogen) atoms. The molecule has 0 aliphatic carbocycles. The lowest BCUT2D eigenvalue weighted by molar-refractivity contribution is 0.0985. The van der Waals surface area contributed by atoms with Gasteiger partial charge in [0, 0.05) is 17.5 Å². The van der Waals surface area contributed by atoms with Gasteiger partial charge >= 0.3 is 0 Å². The molecule has 1 saturated heterocycles. The highest BCUT2D eigenvalue weighted by Gasteiger charge is 2.23. The molecule has 3 heterocycles. The van der Waals surface area contributed by atoms with Gasteiger partial charge < -0.3 is 15.0 Å². The first kappa shape index (κ1) is 21.3. The number of benzene rings is 1. The topological polar surface area (TPSA) is 63.2 Å². The maximum atomic E-state index is 14.6. The smallest absolute Gasteiger partial charge is 0.266 e. The molecule has 3 aromatic rings. The Hall–Kier alpha value is -2.94. The number of hydrogen-bond donors (Lipinski definition) is 1. The molecule has 9 heteroatoms. The van der Waals surface area contributed by atoms with E-state index in [1.807, 2.05) is 6.07 Å². The van der Waals surface area contributed by atoms with Gasteiger partial charge in [-0.05, 0) is 26.8 Å². The molecule has 164 valence electrons. The monoisotopic (exact) mass is 431 g/mol. The van der Waals surface area contributed by atoms with Crippen LogP contribution in [0.2, 0.25) is 0 Å². The van der Waals surface area contributed by atoms with E-state index in [0.717, 1.165) is 23.8 Å². The molecular formula is C22H24F3N5O. The number of morpholine rings is 1. The van der Waals surface area contributed by atoms with Gasteiger partial charge in [-0.2, -0.15) is 0 Å². The highest BCUT2D eigenvalue weighted by Crippen LogP contribution is 2.31. The summed E-state index contributed by atoms with van der Waals surface area (Å²) in [6.45, 7) is 7.49. The van der Waals surface area contributed by atoms with Crippen molar-refractivity contribution in [2.45, 2.75) is 39.3 Å². The molecule has 2 aromatic heterocycles. The fourth-order valence-corrected chi connectivity index (χ4v) is 3.83. The Balaban J connectivity index is 1.71. The van der Waals surface area contributed by atoms with Gasteiger partial charge in [0.25, 0.3) is 6.43 Å². The summed E-state index contributed by atoms with van der Waals surface area (Å²) in [5, 5.41) is 3.91. The summed E-state index contributed by atoms with van der Waals surface area (Å²) < 4.78 is 46.4. The van der Waals surface area contributed by atoms with Crippen LogP contribution in [0, 0.1) is 12.7 Å². The highest BCUT2D eigenvalue weighted by molar-refractivity contribution is 5.90. The zero-order valence-corrected chi connectivity index (χ0v) is 17.6. The molecule has 4 rings (SSSR count). The van der Waals surface area contributed by atoms with Crippen molar-refractivity contribution in [1.82, 2.24) is 15.0 Å². The van der Waals surface area contributed by atoms with Gasteiger partial charge in [0.1, 0.15) is 23.3 Å². The Kier molecular flexibility index (Phi) is 5.95. The lowest BCUT2D eigenvalue weighted by atomic mass is 10.0. The third-order valence-electron chi connectivity index (χ3n) is 5.45. The summed E-state index contributed by atoms with van der Waals surface area (Å²) >= 11 is 0. The van der Waals surface area contributed by atoms with E-state index in [4.69, 9.17) is 4.74 Å². The third-order valence-corrected chi connectivity index (χ3v) is 5.45. The molecule has 6 nitrogen and oxygen atoms in total. The average Bonchev–Trinajstić information content (AvgIpc) is 2.73. The largest absolute Gasteiger partial charge is 0.377 e. The van der Waals surface area contributed by atoms with Crippen LogP contribution in [-0.4, -0.2) is 40.8 Å². The Morgan fingerprint density at radius 2 is 2.00 bits per heavy atom. The Bertz CT molecular complexity index is 1090. The molecule has 1 fully saturated rings. The third kappa shape index (κ3) is 4.27. The van der Waals surface area contributed by atoms with Crippen molar-refractivity contribution in [2.75, 3.05) is 30.0 Å². The normalized spacial score (nSPS) is 17.9. The van der Waals surface area contributed by atoms with Gasteiger partial charge in [-0.1, -0.05) is 18.2 Å².